The molecule has 0 amide bonds. The molecule has 2 heterocycles. The summed E-state index contributed by atoms with van der Waals surface area (Å²) in [5.41, 5.74) is 3.49. The van der Waals surface area contributed by atoms with Gasteiger partial charge in [0.25, 0.3) is 5.69 Å². The summed E-state index contributed by atoms with van der Waals surface area (Å²) in [6.45, 7) is 4.44. The van der Waals surface area contributed by atoms with Crippen LogP contribution in [0.15, 0.2) is 30.3 Å². The molecule has 1 N–H and O–H groups in total. The zero-order valence-corrected chi connectivity index (χ0v) is 16.3. The Bertz CT molecular complexity index is 998. The molecule has 0 spiro atoms. The van der Waals surface area contributed by atoms with E-state index in [9.17, 15) is 10.1 Å². The van der Waals surface area contributed by atoms with Crippen molar-refractivity contribution < 1.29 is 9.66 Å². The lowest BCUT2D eigenvalue weighted by Gasteiger charge is -2.10. The van der Waals surface area contributed by atoms with E-state index in [0.717, 1.165) is 23.4 Å². The summed E-state index contributed by atoms with van der Waals surface area (Å²) < 4.78 is 7.19. The summed E-state index contributed by atoms with van der Waals surface area (Å²) >= 11 is 0. The molecular formula is C19H22N6O3. The molecule has 3 aromatic rings. The highest BCUT2D eigenvalue weighted by Gasteiger charge is 2.16. The van der Waals surface area contributed by atoms with Crippen LogP contribution in [0.2, 0.25) is 0 Å². The molecule has 1 aromatic carbocycles. The summed E-state index contributed by atoms with van der Waals surface area (Å²) in [4.78, 5) is 19.4. The zero-order chi connectivity index (χ0) is 20.3. The second kappa shape index (κ2) is 8.03. The molecule has 146 valence electrons. The van der Waals surface area contributed by atoms with E-state index in [2.05, 4.69) is 20.4 Å². The minimum absolute atomic E-state index is 0.0329. The quantitative estimate of drug-likeness (QED) is 0.493. The van der Waals surface area contributed by atoms with Crippen LogP contribution in [0.3, 0.4) is 0 Å². The van der Waals surface area contributed by atoms with Crippen LogP contribution >= 0.6 is 0 Å². The fraction of sp³-hybridized carbons (Fsp3) is 0.316. The van der Waals surface area contributed by atoms with Crippen LogP contribution in [0.25, 0.3) is 11.4 Å². The van der Waals surface area contributed by atoms with Gasteiger partial charge in [0, 0.05) is 43.0 Å². The number of aromatic nitrogens is 4. The number of nitro benzene ring substituents is 1. The van der Waals surface area contributed by atoms with E-state index in [1.807, 2.05) is 27.0 Å². The van der Waals surface area contributed by atoms with Crippen LogP contribution < -0.4 is 10.1 Å². The molecule has 0 unspecified atom stereocenters. The van der Waals surface area contributed by atoms with E-state index in [1.54, 1.807) is 23.9 Å². The highest BCUT2D eigenvalue weighted by Crippen LogP contribution is 2.24. The first-order valence-corrected chi connectivity index (χ1v) is 8.86. The van der Waals surface area contributed by atoms with Gasteiger partial charge in [-0.25, -0.2) is 14.6 Å². The van der Waals surface area contributed by atoms with E-state index in [1.165, 1.54) is 12.1 Å². The van der Waals surface area contributed by atoms with Crippen molar-refractivity contribution in [3.63, 3.8) is 0 Å². The van der Waals surface area contributed by atoms with Crippen molar-refractivity contribution in [2.24, 2.45) is 7.05 Å². The molecule has 9 nitrogen and oxygen atoms in total. The number of non-ortho nitro benzene ring substituents is 1. The van der Waals surface area contributed by atoms with Crippen molar-refractivity contribution in [3.8, 4) is 17.3 Å². The van der Waals surface area contributed by atoms with Crippen LogP contribution in [0.5, 0.6) is 5.88 Å². The number of hydrogen-bond donors (Lipinski definition) is 1. The second-order valence-electron chi connectivity index (χ2n) is 6.29. The summed E-state index contributed by atoms with van der Waals surface area (Å²) in [5, 5.41) is 18.6. The number of aryl methyl sites for hydroxylation is 3. The largest absolute Gasteiger partial charge is 0.481 e. The Balaban J connectivity index is 1.85. The van der Waals surface area contributed by atoms with E-state index < -0.39 is 4.92 Å². The van der Waals surface area contributed by atoms with Gasteiger partial charge in [-0.2, -0.15) is 5.10 Å². The van der Waals surface area contributed by atoms with Crippen molar-refractivity contribution in [2.45, 2.75) is 26.8 Å². The molecule has 28 heavy (non-hydrogen) atoms. The number of hydrogen-bond acceptors (Lipinski definition) is 7. The molecule has 2 aromatic heterocycles. The minimum atomic E-state index is -0.430. The summed E-state index contributed by atoms with van der Waals surface area (Å²) in [6.07, 6.45) is 0.797. The minimum Gasteiger partial charge on any atom is -0.481 e. The first-order valence-electron chi connectivity index (χ1n) is 8.86. The first kappa shape index (κ1) is 19.3. The molecule has 3 rings (SSSR count). The van der Waals surface area contributed by atoms with Gasteiger partial charge in [0.1, 0.15) is 5.82 Å². The molecule has 0 aliphatic heterocycles. The third-order valence-corrected chi connectivity index (χ3v) is 4.34. The molecule has 0 atom stereocenters. The molecule has 0 saturated carbocycles. The lowest BCUT2D eigenvalue weighted by Crippen LogP contribution is -2.06. The van der Waals surface area contributed by atoms with Crippen LogP contribution in [-0.4, -0.2) is 31.8 Å². The Morgan fingerprint density at radius 2 is 1.96 bits per heavy atom. The molecular weight excluding hydrogens is 360 g/mol. The maximum Gasteiger partial charge on any atom is 0.269 e. The van der Waals surface area contributed by atoms with Gasteiger partial charge in [-0.3, -0.25) is 10.1 Å². The number of anilines is 1. The average molecular weight is 382 g/mol. The second-order valence-corrected chi connectivity index (χ2v) is 6.29. The highest BCUT2D eigenvalue weighted by molar-refractivity contribution is 5.59. The van der Waals surface area contributed by atoms with E-state index in [0.29, 0.717) is 29.6 Å². The van der Waals surface area contributed by atoms with E-state index in [-0.39, 0.29) is 5.69 Å². The Morgan fingerprint density at radius 1 is 1.25 bits per heavy atom. The lowest BCUT2D eigenvalue weighted by molar-refractivity contribution is -0.384. The standard InChI is InChI=1S/C19H22N6O3/c1-5-16-15(19(28-4)24(3)23-16)11-20-17-10-12(2)21-18(22-17)13-6-8-14(9-7-13)25(26)27/h6-10H,5,11H2,1-4H3,(H,20,21,22). The summed E-state index contributed by atoms with van der Waals surface area (Å²) in [5.74, 6) is 1.88. The number of ether oxygens (including phenoxy) is 1. The molecule has 0 radical (unpaired) electrons. The number of methoxy groups -OCH3 is 1. The first-order chi connectivity index (χ1) is 13.4. The predicted octanol–water partition coefficient (Wildman–Crippen LogP) is 3.28. The van der Waals surface area contributed by atoms with Gasteiger partial charge in [0.2, 0.25) is 5.88 Å². The number of nitrogens with one attached hydrogen (secondary N) is 1. The number of benzene rings is 1. The van der Waals surface area contributed by atoms with Gasteiger partial charge in [-0.05, 0) is 25.5 Å². The van der Waals surface area contributed by atoms with Gasteiger partial charge in [0.05, 0.1) is 23.3 Å². The smallest absolute Gasteiger partial charge is 0.269 e. The summed E-state index contributed by atoms with van der Waals surface area (Å²) in [6, 6.07) is 8.04. The predicted molar refractivity (Wildman–Crippen MR) is 105 cm³/mol. The van der Waals surface area contributed by atoms with Crippen molar-refractivity contribution in [3.05, 3.63) is 57.4 Å². The van der Waals surface area contributed by atoms with Crippen molar-refractivity contribution in [1.82, 2.24) is 19.7 Å². The van der Waals surface area contributed by atoms with E-state index in [4.69, 9.17) is 4.74 Å². The highest BCUT2D eigenvalue weighted by atomic mass is 16.6. The molecule has 0 aliphatic rings. The third kappa shape index (κ3) is 3.93. The fourth-order valence-corrected chi connectivity index (χ4v) is 3.02. The van der Waals surface area contributed by atoms with Gasteiger partial charge in [-0.1, -0.05) is 6.92 Å². The average Bonchev–Trinajstić information content (AvgIpc) is 3.00. The van der Waals surface area contributed by atoms with Gasteiger partial charge >= 0.3 is 0 Å². The van der Waals surface area contributed by atoms with Crippen LogP contribution in [0, 0.1) is 17.0 Å². The normalized spacial score (nSPS) is 10.7. The maximum atomic E-state index is 10.8. The molecule has 0 bridgehead atoms. The third-order valence-electron chi connectivity index (χ3n) is 4.34. The Kier molecular flexibility index (Phi) is 5.53. The van der Waals surface area contributed by atoms with Gasteiger partial charge < -0.3 is 10.1 Å². The van der Waals surface area contributed by atoms with Crippen LogP contribution in [0.1, 0.15) is 23.9 Å². The van der Waals surface area contributed by atoms with Gasteiger partial charge in [0.15, 0.2) is 5.82 Å². The SMILES string of the molecule is CCc1nn(C)c(OC)c1CNc1cc(C)nc(-c2ccc([N+](=O)[O-])cc2)n1. The summed E-state index contributed by atoms with van der Waals surface area (Å²) in [7, 11) is 3.48. The zero-order valence-electron chi connectivity index (χ0n) is 16.3. The molecule has 0 fully saturated rings. The molecule has 0 aliphatic carbocycles. The fourth-order valence-electron chi connectivity index (χ4n) is 3.02. The number of nitro groups is 1. The monoisotopic (exact) mass is 382 g/mol. The Hall–Kier alpha value is -3.49. The van der Waals surface area contributed by atoms with Crippen LogP contribution in [0.4, 0.5) is 11.5 Å². The van der Waals surface area contributed by atoms with Crippen LogP contribution in [-0.2, 0) is 20.0 Å². The molecule has 0 saturated heterocycles. The number of rotatable bonds is 7. The van der Waals surface area contributed by atoms with E-state index >= 15 is 0 Å². The molecule has 9 heteroatoms. The van der Waals surface area contributed by atoms with Gasteiger partial charge in [-0.15, -0.1) is 0 Å². The van der Waals surface area contributed by atoms with Crippen molar-refractivity contribution in [2.75, 3.05) is 12.4 Å². The Labute approximate surface area is 162 Å². The topological polar surface area (TPSA) is 108 Å². The lowest BCUT2D eigenvalue weighted by atomic mass is 10.2. The van der Waals surface area contributed by atoms with Crippen molar-refractivity contribution >= 4 is 11.5 Å². The maximum absolute atomic E-state index is 10.8. The Morgan fingerprint density at radius 3 is 2.57 bits per heavy atom. The van der Waals surface area contributed by atoms with Crippen molar-refractivity contribution in [1.29, 1.82) is 0 Å². The number of nitrogens with zero attached hydrogens (tertiary/aromatic N) is 5.